The van der Waals surface area contributed by atoms with Gasteiger partial charge in [0.1, 0.15) is 0 Å². The Bertz CT molecular complexity index is 465. The molecule has 0 fully saturated rings. The number of carbonyl (C=O) groups excluding carboxylic acids is 2. The van der Waals surface area contributed by atoms with Crippen LogP contribution in [0, 0.1) is 14.9 Å². The Morgan fingerprint density at radius 1 is 1.60 bits per heavy atom. The second kappa shape index (κ2) is 5.24. The van der Waals surface area contributed by atoms with Gasteiger partial charge in [-0.1, -0.05) is 0 Å². The quantitative estimate of drug-likeness (QED) is 0.369. The molecule has 0 spiro atoms. The van der Waals surface area contributed by atoms with Gasteiger partial charge < -0.3 is 0 Å². The lowest BCUT2D eigenvalue weighted by atomic mass is 10.0. The summed E-state index contributed by atoms with van der Waals surface area (Å²) in [4.78, 5) is 22.0. The number of nitriles is 1. The molecule has 1 rings (SSSR count). The molecular weight excluding hydrogens is 328 g/mol. The number of rotatable bonds is 3. The molecule has 1 aromatic rings. The molecule has 76 valence electrons. The average Bonchev–Trinajstić information content (AvgIpc) is 2.27. The molecule has 0 saturated heterocycles. The third-order valence-corrected chi connectivity index (χ3v) is 2.98. The maximum absolute atomic E-state index is 11.4. The number of ketones is 1. The fourth-order valence-corrected chi connectivity index (χ4v) is 1.81. The van der Waals surface area contributed by atoms with Crippen LogP contribution in [-0.4, -0.2) is 17.9 Å². The molecule has 1 aromatic carbocycles. The van der Waals surface area contributed by atoms with Crippen LogP contribution in [0.1, 0.15) is 26.3 Å². The standard InChI is InChI=1S/C10H5ClINO2/c11-3-10(15)8-2-9(12)7(5-14)1-6(8)4-13/h1-2,5H,3H2. The van der Waals surface area contributed by atoms with E-state index in [1.54, 1.807) is 0 Å². The monoisotopic (exact) mass is 333 g/mol. The molecule has 0 atom stereocenters. The van der Waals surface area contributed by atoms with Gasteiger partial charge in [0.15, 0.2) is 12.1 Å². The van der Waals surface area contributed by atoms with E-state index in [0.29, 0.717) is 15.4 Å². The zero-order valence-electron chi connectivity index (χ0n) is 7.46. The van der Waals surface area contributed by atoms with Crippen LogP contribution in [0.2, 0.25) is 0 Å². The van der Waals surface area contributed by atoms with E-state index < -0.39 is 0 Å². The zero-order valence-corrected chi connectivity index (χ0v) is 10.4. The molecule has 0 aromatic heterocycles. The van der Waals surface area contributed by atoms with Crippen molar-refractivity contribution in [1.29, 1.82) is 5.26 Å². The van der Waals surface area contributed by atoms with Crippen LogP contribution >= 0.6 is 34.2 Å². The summed E-state index contributed by atoms with van der Waals surface area (Å²) in [6.07, 6.45) is 0.650. The number of halogens is 2. The Kier molecular flexibility index (Phi) is 4.24. The first-order valence-corrected chi connectivity index (χ1v) is 5.53. The Hall–Kier alpha value is -0.930. The molecule has 15 heavy (non-hydrogen) atoms. The highest BCUT2D eigenvalue weighted by atomic mass is 127. The Morgan fingerprint density at radius 2 is 2.27 bits per heavy atom. The van der Waals surface area contributed by atoms with E-state index in [1.165, 1.54) is 12.1 Å². The van der Waals surface area contributed by atoms with Crippen LogP contribution in [0.5, 0.6) is 0 Å². The van der Waals surface area contributed by atoms with Gasteiger partial charge in [0.25, 0.3) is 0 Å². The van der Waals surface area contributed by atoms with Crippen molar-refractivity contribution in [3.05, 3.63) is 32.4 Å². The third-order valence-electron chi connectivity index (χ3n) is 1.81. The number of nitrogens with zero attached hydrogens (tertiary/aromatic N) is 1. The molecule has 0 radical (unpaired) electrons. The normalized spacial score (nSPS) is 9.40. The van der Waals surface area contributed by atoms with Crippen molar-refractivity contribution in [2.45, 2.75) is 0 Å². The van der Waals surface area contributed by atoms with E-state index in [2.05, 4.69) is 0 Å². The fourth-order valence-electron chi connectivity index (χ4n) is 1.08. The van der Waals surface area contributed by atoms with Gasteiger partial charge in [-0.25, -0.2) is 0 Å². The van der Waals surface area contributed by atoms with Gasteiger partial charge in [-0.2, -0.15) is 5.26 Å². The van der Waals surface area contributed by atoms with E-state index in [0.717, 1.165) is 0 Å². The van der Waals surface area contributed by atoms with Crippen molar-refractivity contribution in [2.24, 2.45) is 0 Å². The van der Waals surface area contributed by atoms with Crippen LogP contribution in [0.4, 0.5) is 0 Å². The van der Waals surface area contributed by atoms with Crippen molar-refractivity contribution in [3.63, 3.8) is 0 Å². The molecule has 0 aliphatic carbocycles. The predicted molar refractivity (Wildman–Crippen MR) is 64.3 cm³/mol. The van der Waals surface area contributed by atoms with Crippen molar-refractivity contribution in [1.82, 2.24) is 0 Å². The summed E-state index contributed by atoms with van der Waals surface area (Å²) in [6.45, 7) is 0. The minimum atomic E-state index is -0.316. The molecule has 5 heteroatoms. The van der Waals surface area contributed by atoms with Gasteiger partial charge >= 0.3 is 0 Å². The molecule has 0 amide bonds. The predicted octanol–water partition coefficient (Wildman–Crippen LogP) is 2.40. The van der Waals surface area contributed by atoms with E-state index in [4.69, 9.17) is 16.9 Å². The van der Waals surface area contributed by atoms with Crippen LogP contribution < -0.4 is 0 Å². The zero-order chi connectivity index (χ0) is 11.4. The van der Waals surface area contributed by atoms with Gasteiger partial charge in [0.05, 0.1) is 17.5 Å². The smallest absolute Gasteiger partial charge is 0.178 e. The first kappa shape index (κ1) is 12.1. The number of hydrogen-bond donors (Lipinski definition) is 0. The van der Waals surface area contributed by atoms with Crippen LogP contribution in [-0.2, 0) is 0 Å². The van der Waals surface area contributed by atoms with E-state index in [1.807, 2.05) is 28.7 Å². The SMILES string of the molecule is N#Cc1cc(C=O)c(I)cc1C(=O)CCl. The third kappa shape index (κ3) is 2.55. The number of Topliss-reactive ketones (excluding diaryl/α,β-unsaturated/α-hetero) is 1. The molecule has 3 nitrogen and oxygen atoms in total. The highest BCUT2D eigenvalue weighted by Crippen LogP contribution is 2.18. The lowest BCUT2D eigenvalue weighted by Gasteiger charge is -2.03. The average molecular weight is 334 g/mol. The van der Waals surface area contributed by atoms with Crippen molar-refractivity contribution in [3.8, 4) is 6.07 Å². The summed E-state index contributed by atoms with van der Waals surface area (Å²) in [7, 11) is 0. The number of benzene rings is 1. The van der Waals surface area contributed by atoms with Gasteiger partial charge in [-0.05, 0) is 34.7 Å². The summed E-state index contributed by atoms with van der Waals surface area (Å²) < 4.78 is 0.634. The highest BCUT2D eigenvalue weighted by Gasteiger charge is 2.13. The minimum Gasteiger partial charge on any atom is -0.298 e. The van der Waals surface area contributed by atoms with Crippen LogP contribution in [0.15, 0.2) is 12.1 Å². The maximum atomic E-state index is 11.4. The summed E-state index contributed by atoms with van der Waals surface area (Å²) in [5.41, 5.74) is 0.851. The minimum absolute atomic E-state index is 0.175. The highest BCUT2D eigenvalue weighted by molar-refractivity contribution is 14.1. The van der Waals surface area contributed by atoms with E-state index in [9.17, 15) is 9.59 Å². The Balaban J connectivity index is 3.41. The summed E-state index contributed by atoms with van der Waals surface area (Å²) in [5.74, 6) is -0.492. The Labute approximate surface area is 105 Å². The number of alkyl halides is 1. The number of hydrogen-bond acceptors (Lipinski definition) is 3. The number of carbonyl (C=O) groups is 2. The maximum Gasteiger partial charge on any atom is 0.178 e. The molecule has 0 aliphatic rings. The fraction of sp³-hybridized carbons (Fsp3) is 0.100. The lowest BCUT2D eigenvalue weighted by Crippen LogP contribution is -2.05. The van der Waals surface area contributed by atoms with Crippen molar-refractivity contribution >= 4 is 46.3 Å². The topological polar surface area (TPSA) is 57.9 Å². The molecule has 0 heterocycles. The molecule has 0 N–H and O–H groups in total. The molecule has 0 unspecified atom stereocenters. The van der Waals surface area contributed by atoms with Crippen molar-refractivity contribution in [2.75, 3.05) is 5.88 Å². The Morgan fingerprint density at radius 3 is 2.73 bits per heavy atom. The molecule has 0 bridgehead atoms. The van der Waals surface area contributed by atoms with Gasteiger partial charge in [-0.3, -0.25) is 9.59 Å². The second-order valence-electron chi connectivity index (χ2n) is 2.71. The first-order valence-electron chi connectivity index (χ1n) is 3.92. The van der Waals surface area contributed by atoms with Crippen LogP contribution in [0.3, 0.4) is 0 Å². The molecular formula is C10H5ClINO2. The molecule has 0 saturated carbocycles. The molecule has 0 aliphatic heterocycles. The van der Waals surface area contributed by atoms with E-state index >= 15 is 0 Å². The van der Waals surface area contributed by atoms with Crippen molar-refractivity contribution < 1.29 is 9.59 Å². The summed E-state index contributed by atoms with van der Waals surface area (Å²) >= 11 is 7.34. The summed E-state index contributed by atoms with van der Waals surface area (Å²) in [6, 6.07) is 4.78. The largest absolute Gasteiger partial charge is 0.298 e. The lowest BCUT2D eigenvalue weighted by molar-refractivity contribution is 0.101. The second-order valence-corrected chi connectivity index (χ2v) is 4.14. The van der Waals surface area contributed by atoms with Gasteiger partial charge in [0.2, 0.25) is 0 Å². The number of aldehydes is 1. The van der Waals surface area contributed by atoms with Gasteiger partial charge in [-0.15, -0.1) is 11.6 Å². The first-order chi connectivity index (χ1) is 7.13. The summed E-state index contributed by atoms with van der Waals surface area (Å²) in [5, 5.41) is 8.81. The van der Waals surface area contributed by atoms with Crippen LogP contribution in [0.25, 0.3) is 0 Å². The van der Waals surface area contributed by atoms with E-state index in [-0.39, 0.29) is 22.8 Å². The van der Waals surface area contributed by atoms with Gasteiger partial charge in [0, 0.05) is 14.7 Å².